The van der Waals surface area contributed by atoms with Crippen LogP contribution in [0.3, 0.4) is 0 Å². The SMILES string of the molecule is CCCCn1ccnc1[C@@H]1CCCN(C(=O)c2ccnc(NC)c2)C1. The van der Waals surface area contributed by atoms with Crippen molar-refractivity contribution in [3.63, 3.8) is 0 Å². The Morgan fingerprint density at radius 2 is 2.24 bits per heavy atom. The molecule has 25 heavy (non-hydrogen) atoms. The second-order valence-electron chi connectivity index (χ2n) is 6.60. The smallest absolute Gasteiger partial charge is 0.254 e. The molecule has 0 aliphatic carbocycles. The summed E-state index contributed by atoms with van der Waals surface area (Å²) in [6.07, 6.45) is 10.1. The van der Waals surface area contributed by atoms with Crippen LogP contribution in [0, 0.1) is 0 Å². The molecule has 2 aromatic heterocycles. The Hall–Kier alpha value is -2.37. The largest absolute Gasteiger partial charge is 0.373 e. The van der Waals surface area contributed by atoms with Gasteiger partial charge < -0.3 is 14.8 Å². The van der Waals surface area contributed by atoms with Gasteiger partial charge in [0.2, 0.25) is 0 Å². The minimum absolute atomic E-state index is 0.0789. The third-order valence-corrected chi connectivity index (χ3v) is 4.84. The Kier molecular flexibility index (Phi) is 5.68. The molecule has 3 rings (SSSR count). The van der Waals surface area contributed by atoms with Crippen molar-refractivity contribution in [2.75, 3.05) is 25.5 Å². The third kappa shape index (κ3) is 4.00. The summed E-state index contributed by atoms with van der Waals surface area (Å²) in [7, 11) is 1.81. The summed E-state index contributed by atoms with van der Waals surface area (Å²) in [5.41, 5.74) is 0.689. The maximum absolute atomic E-state index is 12.9. The monoisotopic (exact) mass is 341 g/mol. The first-order chi connectivity index (χ1) is 12.2. The van der Waals surface area contributed by atoms with Crippen LogP contribution in [0.25, 0.3) is 0 Å². The maximum Gasteiger partial charge on any atom is 0.254 e. The molecule has 1 N–H and O–H groups in total. The molecule has 1 aliphatic rings. The summed E-state index contributed by atoms with van der Waals surface area (Å²) in [5, 5.41) is 2.99. The predicted molar refractivity (Wildman–Crippen MR) is 98.8 cm³/mol. The van der Waals surface area contributed by atoms with Crippen molar-refractivity contribution in [2.24, 2.45) is 0 Å². The summed E-state index contributed by atoms with van der Waals surface area (Å²) in [5.74, 6) is 2.23. The molecule has 6 heteroatoms. The van der Waals surface area contributed by atoms with E-state index in [2.05, 4.69) is 33.0 Å². The molecule has 134 valence electrons. The minimum atomic E-state index is 0.0789. The van der Waals surface area contributed by atoms with Crippen molar-refractivity contribution >= 4 is 11.7 Å². The lowest BCUT2D eigenvalue weighted by atomic mass is 9.96. The number of aromatic nitrogens is 3. The highest BCUT2D eigenvalue weighted by molar-refractivity contribution is 5.94. The minimum Gasteiger partial charge on any atom is -0.373 e. The number of unbranched alkanes of at least 4 members (excludes halogenated alkanes) is 1. The van der Waals surface area contributed by atoms with Crippen molar-refractivity contribution in [3.8, 4) is 0 Å². The van der Waals surface area contributed by atoms with Gasteiger partial charge in [0.05, 0.1) is 0 Å². The number of rotatable bonds is 6. The summed E-state index contributed by atoms with van der Waals surface area (Å²) in [4.78, 5) is 23.6. The van der Waals surface area contributed by atoms with Gasteiger partial charge in [-0.3, -0.25) is 4.79 Å². The Labute approximate surface area is 149 Å². The van der Waals surface area contributed by atoms with Crippen LogP contribution in [0.1, 0.15) is 54.7 Å². The molecule has 1 amide bonds. The average molecular weight is 341 g/mol. The summed E-state index contributed by atoms with van der Waals surface area (Å²) in [6, 6.07) is 3.60. The Bertz CT molecular complexity index is 711. The zero-order chi connectivity index (χ0) is 17.6. The molecule has 3 heterocycles. The number of pyridine rings is 1. The Morgan fingerprint density at radius 3 is 3.04 bits per heavy atom. The zero-order valence-electron chi connectivity index (χ0n) is 15.1. The third-order valence-electron chi connectivity index (χ3n) is 4.84. The number of amides is 1. The first kappa shape index (κ1) is 17.5. The Morgan fingerprint density at radius 1 is 1.36 bits per heavy atom. The lowest BCUT2D eigenvalue weighted by Crippen LogP contribution is -2.39. The molecule has 6 nitrogen and oxygen atoms in total. The topological polar surface area (TPSA) is 63.1 Å². The van der Waals surface area contributed by atoms with Gasteiger partial charge >= 0.3 is 0 Å². The number of nitrogens with one attached hydrogen (secondary N) is 1. The van der Waals surface area contributed by atoms with Gasteiger partial charge in [0.1, 0.15) is 11.6 Å². The lowest BCUT2D eigenvalue weighted by Gasteiger charge is -2.33. The quantitative estimate of drug-likeness (QED) is 0.877. The van der Waals surface area contributed by atoms with E-state index < -0.39 is 0 Å². The van der Waals surface area contributed by atoms with Crippen LogP contribution in [-0.2, 0) is 6.54 Å². The van der Waals surface area contributed by atoms with Gasteiger partial charge in [-0.1, -0.05) is 13.3 Å². The normalized spacial score (nSPS) is 17.5. The molecular weight excluding hydrogens is 314 g/mol. The van der Waals surface area contributed by atoms with Crippen LogP contribution in [0.15, 0.2) is 30.7 Å². The van der Waals surface area contributed by atoms with E-state index in [9.17, 15) is 4.79 Å². The second-order valence-corrected chi connectivity index (χ2v) is 6.60. The molecular formula is C19H27N5O. The van der Waals surface area contributed by atoms with Crippen molar-refractivity contribution in [3.05, 3.63) is 42.1 Å². The second kappa shape index (κ2) is 8.14. The molecule has 1 atom stereocenters. The lowest BCUT2D eigenvalue weighted by molar-refractivity contribution is 0.0703. The van der Waals surface area contributed by atoms with Crippen LogP contribution < -0.4 is 5.32 Å². The summed E-state index contributed by atoms with van der Waals surface area (Å²) >= 11 is 0. The van der Waals surface area contributed by atoms with Gasteiger partial charge in [0.15, 0.2) is 0 Å². The van der Waals surface area contributed by atoms with E-state index in [4.69, 9.17) is 0 Å². The molecule has 1 fully saturated rings. The molecule has 2 aromatic rings. The average Bonchev–Trinajstić information content (AvgIpc) is 3.14. The van der Waals surface area contributed by atoms with Crippen LogP contribution in [0.5, 0.6) is 0 Å². The van der Waals surface area contributed by atoms with Gasteiger partial charge in [-0.25, -0.2) is 9.97 Å². The van der Waals surface area contributed by atoms with Gasteiger partial charge in [-0.05, 0) is 31.4 Å². The van der Waals surface area contributed by atoms with E-state index in [0.29, 0.717) is 11.5 Å². The fourth-order valence-electron chi connectivity index (χ4n) is 3.45. The number of aryl methyl sites for hydroxylation is 1. The predicted octanol–water partition coefficient (Wildman–Crippen LogP) is 3.14. The number of carbonyl (C=O) groups is 1. The first-order valence-electron chi connectivity index (χ1n) is 9.17. The van der Waals surface area contributed by atoms with Gasteiger partial charge in [-0.2, -0.15) is 0 Å². The standard InChI is InChI=1S/C19H27N5O/c1-3-4-10-23-12-9-22-18(23)16-6-5-11-24(14-16)19(25)15-7-8-21-17(13-15)20-2/h7-9,12-13,16H,3-6,10-11,14H2,1-2H3,(H,20,21)/t16-/m1/s1. The molecule has 0 unspecified atom stereocenters. The first-order valence-corrected chi connectivity index (χ1v) is 9.17. The van der Waals surface area contributed by atoms with Gasteiger partial charge in [0.25, 0.3) is 5.91 Å². The number of likely N-dealkylation sites (tertiary alicyclic amines) is 1. The van der Waals surface area contributed by atoms with Crippen molar-refractivity contribution in [1.29, 1.82) is 0 Å². The van der Waals surface area contributed by atoms with Crippen LogP contribution in [0.4, 0.5) is 5.82 Å². The zero-order valence-corrected chi connectivity index (χ0v) is 15.1. The van der Waals surface area contributed by atoms with E-state index in [0.717, 1.165) is 50.5 Å². The number of hydrogen-bond acceptors (Lipinski definition) is 4. The van der Waals surface area contributed by atoms with E-state index in [1.165, 1.54) is 6.42 Å². The summed E-state index contributed by atoms with van der Waals surface area (Å²) in [6.45, 7) is 4.75. The Balaban J connectivity index is 1.72. The number of imidazole rings is 1. The number of nitrogens with zero attached hydrogens (tertiary/aromatic N) is 4. The van der Waals surface area contributed by atoms with E-state index >= 15 is 0 Å². The van der Waals surface area contributed by atoms with Crippen molar-refractivity contribution < 1.29 is 4.79 Å². The summed E-state index contributed by atoms with van der Waals surface area (Å²) < 4.78 is 2.26. The molecule has 1 aliphatic heterocycles. The molecule has 1 saturated heterocycles. The molecule has 0 radical (unpaired) electrons. The molecule has 0 bridgehead atoms. The molecule has 0 aromatic carbocycles. The number of piperidine rings is 1. The highest BCUT2D eigenvalue weighted by atomic mass is 16.2. The van der Waals surface area contributed by atoms with Crippen LogP contribution in [0.2, 0.25) is 0 Å². The fraction of sp³-hybridized carbons (Fsp3) is 0.526. The number of hydrogen-bond donors (Lipinski definition) is 1. The van der Waals surface area contributed by atoms with E-state index in [1.807, 2.05) is 24.2 Å². The van der Waals surface area contributed by atoms with Crippen molar-refractivity contribution in [2.45, 2.75) is 45.1 Å². The highest BCUT2D eigenvalue weighted by Gasteiger charge is 2.28. The molecule has 0 spiro atoms. The maximum atomic E-state index is 12.9. The number of carbonyl (C=O) groups excluding carboxylic acids is 1. The van der Waals surface area contributed by atoms with Crippen LogP contribution in [-0.4, -0.2) is 45.5 Å². The molecule has 0 saturated carbocycles. The van der Waals surface area contributed by atoms with Gasteiger partial charge in [0, 0.05) is 56.8 Å². The fourth-order valence-corrected chi connectivity index (χ4v) is 3.45. The van der Waals surface area contributed by atoms with Gasteiger partial charge in [-0.15, -0.1) is 0 Å². The van der Waals surface area contributed by atoms with Crippen molar-refractivity contribution in [1.82, 2.24) is 19.4 Å². The van der Waals surface area contributed by atoms with E-state index in [1.54, 1.807) is 12.3 Å². The highest BCUT2D eigenvalue weighted by Crippen LogP contribution is 2.27. The number of anilines is 1. The van der Waals surface area contributed by atoms with Crippen LogP contribution >= 0.6 is 0 Å². The van der Waals surface area contributed by atoms with E-state index in [-0.39, 0.29) is 5.91 Å².